The number of nitrogens with one attached hydrogen (secondary N) is 2. The summed E-state index contributed by atoms with van der Waals surface area (Å²) >= 11 is 0. The van der Waals surface area contributed by atoms with Crippen LogP contribution in [0.1, 0.15) is 16.7 Å². The van der Waals surface area contributed by atoms with Crippen LogP contribution >= 0.6 is 0 Å². The minimum atomic E-state index is -0.526. The first-order chi connectivity index (χ1) is 16.4. The predicted octanol–water partition coefficient (Wildman–Crippen LogP) is 4.88. The molecule has 0 radical (unpaired) electrons. The Kier molecular flexibility index (Phi) is 8.03. The molecule has 0 aliphatic heterocycles. The molecule has 0 fully saturated rings. The number of anilines is 2. The molecule has 0 aliphatic carbocycles. The first-order valence-corrected chi connectivity index (χ1v) is 10.6. The molecule has 0 bridgehead atoms. The quantitative estimate of drug-likeness (QED) is 0.373. The van der Waals surface area contributed by atoms with Crippen LogP contribution in [0.5, 0.6) is 11.5 Å². The van der Waals surface area contributed by atoms with Crippen molar-refractivity contribution >= 4 is 29.3 Å². The number of hydrogen-bond donors (Lipinski definition) is 2. The van der Waals surface area contributed by atoms with Gasteiger partial charge in [-0.1, -0.05) is 35.9 Å². The molecule has 3 aromatic carbocycles. The monoisotopic (exact) mass is 455 g/mol. The molecule has 2 N–H and O–H groups in total. The van der Waals surface area contributed by atoms with E-state index in [1.807, 2.05) is 32.0 Å². The van der Waals surface area contributed by atoms with E-state index in [2.05, 4.69) is 10.6 Å². The number of nitriles is 1. The third-order valence-corrected chi connectivity index (χ3v) is 4.95. The Hall–Kier alpha value is -4.57. The van der Waals surface area contributed by atoms with Crippen LogP contribution in [-0.4, -0.2) is 25.5 Å². The number of benzene rings is 3. The highest BCUT2D eigenvalue weighted by molar-refractivity contribution is 6.10. The van der Waals surface area contributed by atoms with Gasteiger partial charge in [0.05, 0.1) is 7.11 Å². The highest BCUT2D eigenvalue weighted by Gasteiger charge is 2.13. The maximum atomic E-state index is 12.7. The molecule has 7 heteroatoms. The third kappa shape index (κ3) is 6.47. The lowest BCUT2D eigenvalue weighted by atomic mass is 10.1. The summed E-state index contributed by atoms with van der Waals surface area (Å²) in [4.78, 5) is 25.0. The van der Waals surface area contributed by atoms with E-state index in [9.17, 15) is 14.9 Å². The summed E-state index contributed by atoms with van der Waals surface area (Å²) in [5.41, 5.74) is 3.64. The SMILES string of the molecule is COc1ccc(NC(=O)COc2ccccc2/C=C(\C#N)C(=O)Nc2ccc(C)cc2C)cc1. The predicted molar refractivity (Wildman–Crippen MR) is 132 cm³/mol. The van der Waals surface area contributed by atoms with Gasteiger partial charge in [-0.05, 0) is 61.9 Å². The Labute approximate surface area is 198 Å². The minimum Gasteiger partial charge on any atom is -0.497 e. The summed E-state index contributed by atoms with van der Waals surface area (Å²) in [6.45, 7) is 3.61. The molecule has 3 aromatic rings. The number of carbonyl (C=O) groups is 2. The van der Waals surface area contributed by atoms with Crippen LogP contribution in [0.2, 0.25) is 0 Å². The lowest BCUT2D eigenvalue weighted by Gasteiger charge is -2.11. The van der Waals surface area contributed by atoms with Gasteiger partial charge in [0, 0.05) is 16.9 Å². The minimum absolute atomic E-state index is 0.0845. The molecule has 0 saturated heterocycles. The first-order valence-electron chi connectivity index (χ1n) is 10.6. The van der Waals surface area contributed by atoms with Crippen LogP contribution in [0.25, 0.3) is 6.08 Å². The second-order valence-corrected chi connectivity index (χ2v) is 7.55. The molecule has 7 nitrogen and oxygen atoms in total. The Morgan fingerprint density at radius 2 is 1.74 bits per heavy atom. The Bertz CT molecular complexity index is 1260. The van der Waals surface area contributed by atoms with Gasteiger partial charge >= 0.3 is 0 Å². The van der Waals surface area contributed by atoms with E-state index in [0.29, 0.717) is 28.4 Å². The maximum absolute atomic E-state index is 12.7. The van der Waals surface area contributed by atoms with Crippen LogP contribution in [0, 0.1) is 25.2 Å². The van der Waals surface area contributed by atoms with Gasteiger partial charge in [-0.2, -0.15) is 5.26 Å². The van der Waals surface area contributed by atoms with E-state index >= 15 is 0 Å². The van der Waals surface area contributed by atoms with Crippen molar-refractivity contribution in [1.29, 1.82) is 5.26 Å². The van der Waals surface area contributed by atoms with Gasteiger partial charge in [0.1, 0.15) is 23.1 Å². The highest BCUT2D eigenvalue weighted by atomic mass is 16.5. The molecule has 0 saturated carbocycles. The number of rotatable bonds is 8. The topological polar surface area (TPSA) is 100 Å². The number of para-hydroxylation sites is 1. The van der Waals surface area contributed by atoms with E-state index in [1.165, 1.54) is 6.08 Å². The van der Waals surface area contributed by atoms with Crippen molar-refractivity contribution in [2.45, 2.75) is 13.8 Å². The number of ether oxygens (including phenoxy) is 2. The van der Waals surface area contributed by atoms with Crippen LogP contribution in [0.4, 0.5) is 11.4 Å². The van der Waals surface area contributed by atoms with Crippen LogP contribution in [0.3, 0.4) is 0 Å². The summed E-state index contributed by atoms with van der Waals surface area (Å²) in [6, 6.07) is 21.4. The van der Waals surface area contributed by atoms with Gasteiger partial charge < -0.3 is 20.1 Å². The fraction of sp³-hybridized carbons (Fsp3) is 0.148. The third-order valence-electron chi connectivity index (χ3n) is 4.95. The largest absolute Gasteiger partial charge is 0.497 e. The van der Waals surface area contributed by atoms with E-state index in [0.717, 1.165) is 11.1 Å². The van der Waals surface area contributed by atoms with Crippen molar-refractivity contribution in [3.05, 3.63) is 89.0 Å². The van der Waals surface area contributed by atoms with Crippen molar-refractivity contribution in [2.24, 2.45) is 0 Å². The number of aryl methyl sites for hydroxylation is 2. The van der Waals surface area contributed by atoms with E-state index in [1.54, 1.807) is 61.7 Å². The second-order valence-electron chi connectivity index (χ2n) is 7.55. The smallest absolute Gasteiger partial charge is 0.266 e. The lowest BCUT2D eigenvalue weighted by Crippen LogP contribution is -2.20. The molecule has 3 rings (SSSR count). The average Bonchev–Trinajstić information content (AvgIpc) is 2.84. The zero-order chi connectivity index (χ0) is 24.5. The zero-order valence-corrected chi connectivity index (χ0v) is 19.2. The number of hydrogen-bond acceptors (Lipinski definition) is 5. The van der Waals surface area contributed by atoms with Crippen molar-refractivity contribution in [2.75, 3.05) is 24.4 Å². The van der Waals surface area contributed by atoms with Crippen LogP contribution in [0.15, 0.2) is 72.3 Å². The Morgan fingerprint density at radius 1 is 1.00 bits per heavy atom. The molecule has 172 valence electrons. The molecule has 34 heavy (non-hydrogen) atoms. The Morgan fingerprint density at radius 3 is 2.41 bits per heavy atom. The highest BCUT2D eigenvalue weighted by Crippen LogP contribution is 2.23. The second kappa shape index (κ2) is 11.3. The van der Waals surface area contributed by atoms with Gasteiger partial charge in [0.25, 0.3) is 11.8 Å². The average molecular weight is 456 g/mol. The molecule has 0 unspecified atom stereocenters. The standard InChI is InChI=1S/C27H25N3O4/c1-18-8-13-24(19(2)14-18)30-27(32)21(16-28)15-20-6-4-5-7-25(20)34-17-26(31)29-22-9-11-23(33-3)12-10-22/h4-15H,17H2,1-3H3,(H,29,31)(H,30,32)/b21-15+. The molecule has 0 atom stereocenters. The fourth-order valence-corrected chi connectivity index (χ4v) is 3.19. The number of methoxy groups -OCH3 is 1. The maximum Gasteiger partial charge on any atom is 0.266 e. The van der Waals surface area contributed by atoms with Crippen molar-refractivity contribution in [1.82, 2.24) is 0 Å². The summed E-state index contributed by atoms with van der Waals surface area (Å²) < 4.78 is 10.8. The summed E-state index contributed by atoms with van der Waals surface area (Å²) in [5.74, 6) is 0.183. The first kappa shape index (κ1) is 24.1. The molecular weight excluding hydrogens is 430 g/mol. The summed E-state index contributed by atoms with van der Waals surface area (Å²) in [7, 11) is 1.57. The zero-order valence-electron chi connectivity index (χ0n) is 19.2. The molecule has 0 heterocycles. The van der Waals surface area contributed by atoms with Gasteiger partial charge in [0.2, 0.25) is 0 Å². The van der Waals surface area contributed by atoms with Gasteiger partial charge in [-0.3, -0.25) is 9.59 Å². The van der Waals surface area contributed by atoms with Crippen molar-refractivity contribution in [3.8, 4) is 17.6 Å². The van der Waals surface area contributed by atoms with Crippen LogP contribution < -0.4 is 20.1 Å². The van der Waals surface area contributed by atoms with E-state index < -0.39 is 5.91 Å². The number of nitrogens with zero attached hydrogens (tertiary/aromatic N) is 1. The van der Waals surface area contributed by atoms with Gasteiger partial charge in [-0.15, -0.1) is 0 Å². The Balaban J connectivity index is 1.69. The molecule has 0 spiro atoms. The molecule has 0 aromatic heterocycles. The number of amides is 2. The summed E-state index contributed by atoms with van der Waals surface area (Å²) in [6.07, 6.45) is 1.44. The van der Waals surface area contributed by atoms with Crippen LogP contribution in [-0.2, 0) is 9.59 Å². The van der Waals surface area contributed by atoms with E-state index in [4.69, 9.17) is 9.47 Å². The van der Waals surface area contributed by atoms with E-state index in [-0.39, 0.29) is 18.1 Å². The molecular formula is C27H25N3O4. The van der Waals surface area contributed by atoms with Crippen molar-refractivity contribution < 1.29 is 19.1 Å². The fourth-order valence-electron chi connectivity index (χ4n) is 3.19. The normalized spacial score (nSPS) is 10.7. The molecule has 2 amide bonds. The van der Waals surface area contributed by atoms with Crippen molar-refractivity contribution in [3.63, 3.8) is 0 Å². The summed E-state index contributed by atoms with van der Waals surface area (Å²) in [5, 5.41) is 15.1. The lowest BCUT2D eigenvalue weighted by molar-refractivity contribution is -0.118. The van der Waals surface area contributed by atoms with Gasteiger partial charge in [0.15, 0.2) is 6.61 Å². The number of carbonyl (C=O) groups excluding carboxylic acids is 2. The molecule has 0 aliphatic rings. The van der Waals surface area contributed by atoms with Gasteiger partial charge in [-0.25, -0.2) is 0 Å².